The first-order valence-electron chi connectivity index (χ1n) is 5.67. The van der Waals surface area contributed by atoms with Crippen molar-refractivity contribution in [3.05, 3.63) is 52.5 Å². The van der Waals surface area contributed by atoms with Gasteiger partial charge < -0.3 is 9.88 Å². The van der Waals surface area contributed by atoms with Gasteiger partial charge in [0.2, 0.25) is 0 Å². The molecule has 0 aliphatic carbocycles. The summed E-state index contributed by atoms with van der Waals surface area (Å²) in [5.74, 6) is -0.0473. The summed E-state index contributed by atoms with van der Waals surface area (Å²) in [7, 11) is 0. The van der Waals surface area contributed by atoms with Crippen LogP contribution in [0.3, 0.4) is 0 Å². The van der Waals surface area contributed by atoms with Crippen molar-refractivity contribution in [2.24, 2.45) is 0 Å². The summed E-state index contributed by atoms with van der Waals surface area (Å²) in [5, 5.41) is 2.90. The van der Waals surface area contributed by atoms with Crippen LogP contribution < -0.4 is 5.32 Å². The summed E-state index contributed by atoms with van der Waals surface area (Å²) in [5.41, 5.74) is 1.66. The summed E-state index contributed by atoms with van der Waals surface area (Å²) in [6.45, 7) is 3.23. The van der Waals surface area contributed by atoms with E-state index in [-0.39, 0.29) is 5.91 Å². The maximum atomic E-state index is 12.0. The van der Waals surface area contributed by atoms with Crippen LogP contribution >= 0.6 is 15.9 Å². The first kappa shape index (κ1) is 12.8. The molecule has 0 unspecified atom stereocenters. The lowest BCUT2D eigenvalue weighted by molar-refractivity contribution is 0.0951. The van der Waals surface area contributed by atoms with Gasteiger partial charge in [-0.1, -0.05) is 22.0 Å². The molecule has 0 saturated heterocycles. The Morgan fingerprint density at radius 3 is 3.06 bits per heavy atom. The number of nitrogens with one attached hydrogen (secondary N) is 1. The molecular formula is C13H14BrN3O. The number of imidazole rings is 1. The molecule has 1 heterocycles. The molecule has 0 atom stereocenters. The Morgan fingerprint density at radius 1 is 1.50 bits per heavy atom. The second-order valence-electron chi connectivity index (χ2n) is 3.97. The van der Waals surface area contributed by atoms with Crippen LogP contribution in [0.5, 0.6) is 0 Å². The molecule has 1 amide bonds. The summed E-state index contributed by atoms with van der Waals surface area (Å²) in [6, 6.07) is 5.62. The maximum Gasteiger partial charge on any atom is 0.251 e. The minimum absolute atomic E-state index is 0.0473. The molecule has 2 rings (SSSR count). The van der Waals surface area contributed by atoms with Crippen molar-refractivity contribution in [3.63, 3.8) is 0 Å². The zero-order valence-corrected chi connectivity index (χ0v) is 11.6. The molecule has 0 aliphatic rings. The van der Waals surface area contributed by atoms with Crippen LogP contribution in [-0.2, 0) is 6.54 Å². The van der Waals surface area contributed by atoms with Crippen LogP contribution in [0.25, 0.3) is 0 Å². The fourth-order valence-corrected chi connectivity index (χ4v) is 2.03. The molecule has 0 fully saturated rings. The highest BCUT2D eigenvalue weighted by Gasteiger charge is 2.09. The summed E-state index contributed by atoms with van der Waals surface area (Å²) >= 11 is 3.42. The minimum atomic E-state index is -0.0473. The van der Waals surface area contributed by atoms with Gasteiger partial charge in [-0.15, -0.1) is 0 Å². The Bertz CT molecular complexity index is 537. The smallest absolute Gasteiger partial charge is 0.251 e. The van der Waals surface area contributed by atoms with Gasteiger partial charge in [-0.2, -0.15) is 0 Å². The summed E-state index contributed by atoms with van der Waals surface area (Å²) in [6.07, 6.45) is 5.33. The monoisotopic (exact) mass is 307 g/mol. The zero-order chi connectivity index (χ0) is 13.0. The number of aromatic nitrogens is 2. The van der Waals surface area contributed by atoms with Gasteiger partial charge in [-0.05, 0) is 24.6 Å². The standard InChI is InChI=1S/C13H14BrN3O/c1-10-11(3-2-4-12(10)14)13(18)16-6-8-17-7-5-15-9-17/h2-5,7,9H,6,8H2,1H3,(H,16,18). The number of rotatable bonds is 4. The third-order valence-electron chi connectivity index (χ3n) is 2.73. The number of hydrogen-bond donors (Lipinski definition) is 1. The van der Waals surface area contributed by atoms with Gasteiger partial charge in [-0.25, -0.2) is 4.98 Å². The Labute approximate surface area is 114 Å². The van der Waals surface area contributed by atoms with Gasteiger partial charge in [0.1, 0.15) is 0 Å². The van der Waals surface area contributed by atoms with Crippen LogP contribution in [0.15, 0.2) is 41.4 Å². The van der Waals surface area contributed by atoms with Crippen LogP contribution in [-0.4, -0.2) is 22.0 Å². The van der Waals surface area contributed by atoms with Crippen LogP contribution in [0, 0.1) is 6.92 Å². The first-order valence-corrected chi connectivity index (χ1v) is 6.47. The fraction of sp³-hybridized carbons (Fsp3) is 0.231. The second kappa shape index (κ2) is 5.82. The van der Waals surface area contributed by atoms with Crippen LogP contribution in [0.1, 0.15) is 15.9 Å². The van der Waals surface area contributed by atoms with Gasteiger partial charge in [0.25, 0.3) is 5.91 Å². The minimum Gasteiger partial charge on any atom is -0.350 e. The van der Waals surface area contributed by atoms with Crippen molar-refractivity contribution in [2.75, 3.05) is 6.54 Å². The molecule has 1 aromatic carbocycles. The molecule has 1 aromatic heterocycles. The molecule has 0 saturated carbocycles. The van der Waals surface area contributed by atoms with Crippen molar-refractivity contribution in [1.82, 2.24) is 14.9 Å². The largest absolute Gasteiger partial charge is 0.350 e. The molecular weight excluding hydrogens is 294 g/mol. The Kier molecular flexibility index (Phi) is 4.15. The van der Waals surface area contributed by atoms with E-state index < -0.39 is 0 Å². The van der Waals surface area contributed by atoms with Gasteiger partial charge in [-0.3, -0.25) is 4.79 Å². The SMILES string of the molecule is Cc1c(Br)cccc1C(=O)NCCn1ccnc1. The molecule has 94 valence electrons. The summed E-state index contributed by atoms with van der Waals surface area (Å²) < 4.78 is 2.87. The number of halogens is 1. The van der Waals surface area contributed by atoms with E-state index in [4.69, 9.17) is 0 Å². The van der Waals surface area contributed by atoms with Gasteiger partial charge in [0.15, 0.2) is 0 Å². The van der Waals surface area contributed by atoms with Crippen molar-refractivity contribution < 1.29 is 4.79 Å². The second-order valence-corrected chi connectivity index (χ2v) is 4.82. The van der Waals surface area contributed by atoms with Gasteiger partial charge in [0, 0.05) is 35.5 Å². The highest BCUT2D eigenvalue weighted by atomic mass is 79.9. The van der Waals surface area contributed by atoms with E-state index >= 15 is 0 Å². The Morgan fingerprint density at radius 2 is 2.33 bits per heavy atom. The highest BCUT2D eigenvalue weighted by Crippen LogP contribution is 2.19. The van der Waals surface area contributed by atoms with Crippen LogP contribution in [0.2, 0.25) is 0 Å². The van der Waals surface area contributed by atoms with E-state index in [1.165, 1.54) is 0 Å². The predicted molar refractivity (Wildman–Crippen MR) is 73.4 cm³/mol. The van der Waals surface area contributed by atoms with E-state index in [1.807, 2.05) is 35.9 Å². The number of amides is 1. The molecule has 5 heteroatoms. The predicted octanol–water partition coefficient (Wildman–Crippen LogP) is 2.38. The Balaban J connectivity index is 1.93. The highest BCUT2D eigenvalue weighted by molar-refractivity contribution is 9.10. The first-order chi connectivity index (χ1) is 8.68. The van der Waals surface area contributed by atoms with E-state index in [1.54, 1.807) is 12.5 Å². The van der Waals surface area contributed by atoms with Gasteiger partial charge >= 0.3 is 0 Å². The number of carbonyl (C=O) groups is 1. The lowest BCUT2D eigenvalue weighted by Gasteiger charge is -2.09. The lowest BCUT2D eigenvalue weighted by atomic mass is 10.1. The summed E-state index contributed by atoms with van der Waals surface area (Å²) in [4.78, 5) is 15.9. The topological polar surface area (TPSA) is 46.9 Å². The van der Waals surface area contributed by atoms with E-state index in [0.29, 0.717) is 12.1 Å². The molecule has 0 aliphatic heterocycles. The number of nitrogens with zero attached hydrogens (tertiary/aromatic N) is 2. The fourth-order valence-electron chi connectivity index (χ4n) is 1.67. The average Bonchev–Trinajstić information content (AvgIpc) is 2.85. The quantitative estimate of drug-likeness (QED) is 0.942. The average molecular weight is 308 g/mol. The lowest BCUT2D eigenvalue weighted by Crippen LogP contribution is -2.27. The van der Waals surface area contributed by atoms with Crippen molar-refractivity contribution in [1.29, 1.82) is 0 Å². The number of benzene rings is 1. The molecule has 2 aromatic rings. The molecule has 18 heavy (non-hydrogen) atoms. The third-order valence-corrected chi connectivity index (χ3v) is 3.59. The third kappa shape index (κ3) is 2.98. The normalized spacial score (nSPS) is 10.3. The maximum absolute atomic E-state index is 12.0. The molecule has 0 spiro atoms. The molecule has 0 bridgehead atoms. The molecule has 0 radical (unpaired) electrons. The van der Waals surface area contributed by atoms with Crippen molar-refractivity contribution >= 4 is 21.8 Å². The van der Waals surface area contributed by atoms with Gasteiger partial charge in [0.05, 0.1) is 6.33 Å². The van der Waals surface area contributed by atoms with E-state index in [0.717, 1.165) is 16.6 Å². The van der Waals surface area contributed by atoms with E-state index in [2.05, 4.69) is 26.2 Å². The molecule has 4 nitrogen and oxygen atoms in total. The Hall–Kier alpha value is -1.62. The number of hydrogen-bond acceptors (Lipinski definition) is 2. The molecule has 1 N–H and O–H groups in total. The zero-order valence-electron chi connectivity index (χ0n) is 10.1. The van der Waals surface area contributed by atoms with Crippen LogP contribution in [0.4, 0.5) is 0 Å². The number of carbonyl (C=O) groups excluding carboxylic acids is 1. The van der Waals surface area contributed by atoms with E-state index in [9.17, 15) is 4.79 Å². The van der Waals surface area contributed by atoms with Crippen molar-refractivity contribution in [2.45, 2.75) is 13.5 Å². The van der Waals surface area contributed by atoms with Crippen molar-refractivity contribution in [3.8, 4) is 0 Å².